The van der Waals surface area contributed by atoms with Gasteiger partial charge in [-0.1, -0.05) is 0 Å². The van der Waals surface area contributed by atoms with Gasteiger partial charge in [0, 0.05) is 0 Å². The molecule has 0 atom stereocenters. The van der Waals surface area contributed by atoms with Crippen molar-refractivity contribution in [2.45, 2.75) is 0 Å². The van der Waals surface area contributed by atoms with Crippen molar-refractivity contribution in [3.8, 4) is 44.5 Å². The maximum atomic E-state index is 15.4. The number of benzene rings is 10. The van der Waals surface area contributed by atoms with Crippen molar-refractivity contribution in [2.75, 3.05) is 0 Å². The van der Waals surface area contributed by atoms with Crippen LogP contribution in [0.4, 0.5) is 8.78 Å². The third-order valence-corrected chi connectivity index (χ3v) is 13.6. The Bertz CT molecular complexity index is 3210. The number of hydrogen-bond acceptors (Lipinski definition) is 0. The maximum absolute atomic E-state index is 15.4. The zero-order valence-electron chi connectivity index (χ0n) is 29.5. The molecule has 1 heterocycles. The fourth-order valence-corrected chi connectivity index (χ4v) is 11.3. The first-order chi connectivity index (χ1) is 27.1. The number of fused-ring (bicyclic) bond motifs is 7. The van der Waals surface area contributed by atoms with Crippen molar-refractivity contribution in [2.24, 2.45) is 0 Å². The predicted octanol–water partition coefficient (Wildman–Crippen LogP) is 14.6. The molecule has 0 saturated heterocycles. The van der Waals surface area contributed by atoms with Crippen molar-refractivity contribution in [1.82, 2.24) is 0 Å². The Balaban J connectivity index is 1.13. The van der Waals surface area contributed by atoms with E-state index in [0.29, 0.717) is 5.56 Å². The average molecular weight is 772 g/mol. The van der Waals surface area contributed by atoms with Gasteiger partial charge < -0.3 is 0 Å². The molecule has 0 amide bonds. The van der Waals surface area contributed by atoms with Gasteiger partial charge in [0.15, 0.2) is 0 Å². The number of hydrogen-bond donors (Lipinski definition) is 0. The Labute approximate surface area is 322 Å². The molecule has 11 aromatic rings. The summed E-state index contributed by atoms with van der Waals surface area (Å²) in [6.07, 6.45) is 0. The van der Waals surface area contributed by atoms with Gasteiger partial charge in [0.2, 0.25) is 0 Å². The zero-order chi connectivity index (χ0) is 36.6. The molecule has 0 saturated carbocycles. The normalized spacial score (nSPS) is 11.8. The van der Waals surface area contributed by atoms with Crippen LogP contribution in [0.2, 0.25) is 0 Å². The van der Waals surface area contributed by atoms with Crippen molar-refractivity contribution in [3.05, 3.63) is 194 Å². The molecule has 55 heavy (non-hydrogen) atoms. The Hall–Kier alpha value is -6.38. The molecular formula is C52H30F2Se. The fourth-order valence-electron chi connectivity index (χ4n) is 8.89. The van der Waals surface area contributed by atoms with E-state index in [9.17, 15) is 0 Å². The van der Waals surface area contributed by atoms with Crippen molar-refractivity contribution < 1.29 is 8.78 Å². The molecule has 0 aliphatic rings. The van der Waals surface area contributed by atoms with Crippen LogP contribution in [0.3, 0.4) is 0 Å². The number of halogens is 2. The van der Waals surface area contributed by atoms with Gasteiger partial charge in [-0.25, -0.2) is 0 Å². The first-order valence-electron chi connectivity index (χ1n) is 18.5. The topological polar surface area (TPSA) is 0 Å². The molecule has 0 nitrogen and oxygen atoms in total. The zero-order valence-corrected chi connectivity index (χ0v) is 31.2. The summed E-state index contributed by atoms with van der Waals surface area (Å²) in [7, 11) is 0. The summed E-state index contributed by atoms with van der Waals surface area (Å²) < 4.78 is 33.6. The summed E-state index contributed by atoms with van der Waals surface area (Å²) in [6, 6.07) is 62.4. The molecule has 0 fully saturated rings. The molecule has 0 unspecified atom stereocenters. The van der Waals surface area contributed by atoms with Crippen LogP contribution in [-0.2, 0) is 0 Å². The summed E-state index contributed by atoms with van der Waals surface area (Å²) in [5.41, 5.74) is 7.76. The quantitative estimate of drug-likeness (QED) is 0.123. The van der Waals surface area contributed by atoms with Crippen LogP contribution in [0.25, 0.3) is 107 Å². The van der Waals surface area contributed by atoms with E-state index in [1.807, 2.05) is 36.4 Å². The van der Waals surface area contributed by atoms with E-state index >= 15 is 8.78 Å². The Morgan fingerprint density at radius 1 is 0.255 bits per heavy atom. The van der Waals surface area contributed by atoms with Gasteiger partial charge in [-0.3, -0.25) is 0 Å². The summed E-state index contributed by atoms with van der Waals surface area (Å²) in [5.74, 6) is -1.12. The third kappa shape index (κ3) is 4.94. The second-order valence-corrected chi connectivity index (χ2v) is 16.4. The van der Waals surface area contributed by atoms with E-state index in [-0.39, 0.29) is 20.1 Å². The van der Waals surface area contributed by atoms with Gasteiger partial charge >= 0.3 is 324 Å². The SMILES string of the molecule is Fc1cccc(F)c1-c1c2ccccc2c(-c2ccc3c(c2)[se]c2ccc(-c4c5ccccc5c(-c5ccccc5)c5ccccc45)cc23)c2ccccc12. The fraction of sp³-hybridized carbons (Fsp3) is 0. The van der Waals surface area contributed by atoms with Gasteiger partial charge in [-0.2, -0.15) is 0 Å². The van der Waals surface area contributed by atoms with Crippen LogP contribution in [0, 0.1) is 11.6 Å². The third-order valence-electron chi connectivity index (χ3n) is 11.2. The summed E-state index contributed by atoms with van der Waals surface area (Å²) in [5, 5.41) is 11.2. The molecule has 0 N–H and O–H groups in total. The Kier molecular flexibility index (Phi) is 7.35. The van der Waals surface area contributed by atoms with E-state index in [1.54, 1.807) is 0 Å². The molecule has 11 rings (SSSR count). The molecule has 0 spiro atoms. The van der Waals surface area contributed by atoms with Crippen molar-refractivity contribution >= 4 is 76.9 Å². The van der Waals surface area contributed by atoms with Gasteiger partial charge in [0.05, 0.1) is 0 Å². The second kappa shape index (κ2) is 12.6. The van der Waals surface area contributed by atoms with Crippen LogP contribution in [0.1, 0.15) is 0 Å². The van der Waals surface area contributed by atoms with Gasteiger partial charge in [0.1, 0.15) is 0 Å². The average Bonchev–Trinajstić information content (AvgIpc) is 3.60. The van der Waals surface area contributed by atoms with E-state index in [2.05, 4.69) is 127 Å². The van der Waals surface area contributed by atoms with Gasteiger partial charge in [-0.15, -0.1) is 0 Å². The first kappa shape index (κ1) is 32.1. The van der Waals surface area contributed by atoms with Crippen LogP contribution < -0.4 is 0 Å². The number of rotatable bonds is 4. The molecule has 0 radical (unpaired) electrons. The molecule has 3 heteroatoms. The van der Waals surface area contributed by atoms with Crippen LogP contribution >= 0.6 is 0 Å². The molecule has 10 aromatic carbocycles. The van der Waals surface area contributed by atoms with Crippen LogP contribution in [-0.4, -0.2) is 14.5 Å². The molecule has 0 aliphatic carbocycles. The molecule has 0 aliphatic heterocycles. The second-order valence-electron chi connectivity index (χ2n) is 14.2. The summed E-state index contributed by atoms with van der Waals surface area (Å²) >= 11 is 0.113. The Morgan fingerprint density at radius 2 is 0.673 bits per heavy atom. The molecule has 0 bridgehead atoms. The van der Waals surface area contributed by atoms with E-state index < -0.39 is 11.6 Å². The summed E-state index contributed by atoms with van der Waals surface area (Å²) in [6.45, 7) is 0. The van der Waals surface area contributed by atoms with Gasteiger partial charge in [-0.05, 0) is 0 Å². The van der Waals surface area contributed by atoms with Gasteiger partial charge in [0.25, 0.3) is 0 Å². The van der Waals surface area contributed by atoms with E-state index in [1.165, 1.54) is 81.3 Å². The van der Waals surface area contributed by atoms with Crippen molar-refractivity contribution in [3.63, 3.8) is 0 Å². The van der Waals surface area contributed by atoms with Crippen LogP contribution in [0.5, 0.6) is 0 Å². The predicted molar refractivity (Wildman–Crippen MR) is 230 cm³/mol. The summed E-state index contributed by atoms with van der Waals surface area (Å²) in [4.78, 5) is 0. The van der Waals surface area contributed by atoms with Crippen LogP contribution in [0.15, 0.2) is 182 Å². The minimum absolute atomic E-state index is 0.0141. The monoisotopic (exact) mass is 772 g/mol. The first-order valence-corrected chi connectivity index (χ1v) is 20.2. The molecule has 1 aromatic heterocycles. The Morgan fingerprint density at radius 3 is 1.18 bits per heavy atom. The minimum atomic E-state index is -0.562. The standard InChI is InChI=1S/C52H30F2Se/c53-44-23-12-24-45(54)52(44)51-41-21-10-8-19-39(41)50(40-20-9-11-22-42(40)51)33-25-27-34-43-29-32(26-28-46(43)55-47(34)30-33)49-37-17-6-4-15-35(37)48(31-13-2-1-3-14-31)36-16-5-7-18-38(36)49/h1-30H. The van der Waals surface area contributed by atoms with E-state index in [4.69, 9.17) is 0 Å². The van der Waals surface area contributed by atoms with Crippen molar-refractivity contribution in [1.29, 1.82) is 0 Å². The molecule has 258 valence electrons. The molecular weight excluding hydrogens is 742 g/mol. The van der Waals surface area contributed by atoms with E-state index in [0.717, 1.165) is 32.7 Å².